The van der Waals surface area contributed by atoms with Gasteiger partial charge in [-0.05, 0) is 172 Å². The first-order valence-electron chi connectivity index (χ1n) is 20.3. The van der Waals surface area contributed by atoms with Crippen LogP contribution in [0.2, 0.25) is 13.1 Å². The number of hydrogen-bond donors (Lipinski definition) is 0. The zero-order valence-electron chi connectivity index (χ0n) is 33.8. The van der Waals surface area contributed by atoms with Gasteiger partial charge < -0.3 is 0 Å². The molecule has 53 heavy (non-hydrogen) atoms. The predicted octanol–water partition coefficient (Wildman–Crippen LogP) is 14.0. The summed E-state index contributed by atoms with van der Waals surface area (Å²) in [5, 5.41) is 0. The van der Waals surface area contributed by atoms with Gasteiger partial charge in [0, 0.05) is 11.1 Å². The van der Waals surface area contributed by atoms with E-state index in [0.29, 0.717) is 11.1 Å². The van der Waals surface area contributed by atoms with Crippen LogP contribution in [0.4, 0.5) is 0 Å². The molecule has 5 aromatic rings. The molecule has 268 valence electrons. The quantitative estimate of drug-likeness (QED) is 0.159. The van der Waals surface area contributed by atoms with Crippen LogP contribution in [0, 0.1) is 41.5 Å². The van der Waals surface area contributed by atoms with Crippen molar-refractivity contribution in [1.82, 2.24) is 0 Å². The highest BCUT2D eigenvalue weighted by atomic mass is 28.3. The molecule has 0 fully saturated rings. The van der Waals surface area contributed by atoms with Gasteiger partial charge in [-0.15, -0.1) is 0 Å². The van der Waals surface area contributed by atoms with Gasteiger partial charge in [-0.3, -0.25) is 0 Å². The van der Waals surface area contributed by atoms with E-state index in [4.69, 9.17) is 0 Å². The molecule has 5 aromatic carbocycles. The smallest absolute Gasteiger partial charge is 0.0679 e. The minimum absolute atomic E-state index is 0.432. The lowest BCUT2D eigenvalue weighted by Crippen LogP contribution is -2.42. The summed E-state index contributed by atoms with van der Waals surface area (Å²) in [6, 6.07) is 24.5. The number of aryl methyl sites for hydroxylation is 7. The van der Waals surface area contributed by atoms with Crippen LogP contribution in [0.1, 0.15) is 116 Å². The summed E-state index contributed by atoms with van der Waals surface area (Å²) in [7, 11) is -2.15. The van der Waals surface area contributed by atoms with Crippen molar-refractivity contribution in [3.63, 3.8) is 0 Å². The van der Waals surface area contributed by atoms with E-state index in [1.165, 1.54) is 105 Å². The molecule has 4 aliphatic carbocycles. The molecule has 0 saturated carbocycles. The Hall–Kier alpha value is -4.20. The van der Waals surface area contributed by atoms with Crippen LogP contribution >= 0.6 is 0 Å². The molecule has 0 radical (unpaired) electrons. The highest BCUT2D eigenvalue weighted by molar-refractivity contribution is 6.82. The van der Waals surface area contributed by atoms with Crippen molar-refractivity contribution in [2.24, 2.45) is 0 Å². The molecule has 2 atom stereocenters. The van der Waals surface area contributed by atoms with Crippen molar-refractivity contribution in [3.8, 4) is 33.4 Å². The lowest BCUT2D eigenvalue weighted by atomic mass is 9.82. The molecule has 4 aliphatic rings. The molecule has 0 aromatic heterocycles. The van der Waals surface area contributed by atoms with E-state index in [-0.39, 0.29) is 0 Å². The van der Waals surface area contributed by atoms with E-state index in [9.17, 15) is 0 Å². The van der Waals surface area contributed by atoms with Gasteiger partial charge in [-0.1, -0.05) is 130 Å². The molecular weight excluding hydrogens is 653 g/mol. The van der Waals surface area contributed by atoms with Crippen molar-refractivity contribution < 1.29 is 0 Å². The summed E-state index contributed by atoms with van der Waals surface area (Å²) in [5.41, 5.74) is 34.0. The first kappa shape index (κ1) is 34.6. The summed E-state index contributed by atoms with van der Waals surface area (Å²) in [6.45, 7) is 24.1. The topological polar surface area (TPSA) is 0 Å². The summed E-state index contributed by atoms with van der Waals surface area (Å²) >= 11 is 0. The van der Waals surface area contributed by atoms with E-state index < -0.39 is 8.07 Å². The van der Waals surface area contributed by atoms with Crippen LogP contribution in [0.25, 0.3) is 45.5 Å². The number of allylic oxidation sites excluding steroid dienone is 2. The zero-order valence-corrected chi connectivity index (χ0v) is 34.8. The number of hydrogen-bond acceptors (Lipinski definition) is 0. The van der Waals surface area contributed by atoms with Crippen molar-refractivity contribution in [1.29, 1.82) is 0 Å². The van der Waals surface area contributed by atoms with Crippen LogP contribution in [0.15, 0.2) is 71.8 Å². The minimum Gasteiger partial charge on any atom is -0.0679 e. The average Bonchev–Trinajstić information content (AvgIpc) is 3.85. The van der Waals surface area contributed by atoms with E-state index >= 15 is 0 Å². The second-order valence-corrected chi connectivity index (χ2v) is 23.0. The van der Waals surface area contributed by atoms with Gasteiger partial charge >= 0.3 is 0 Å². The van der Waals surface area contributed by atoms with Crippen molar-refractivity contribution in [2.75, 3.05) is 0 Å². The van der Waals surface area contributed by atoms with Crippen LogP contribution < -0.4 is 0 Å². The lowest BCUT2D eigenvalue weighted by Gasteiger charge is -2.40. The Morgan fingerprint density at radius 3 is 1.40 bits per heavy atom. The summed E-state index contributed by atoms with van der Waals surface area (Å²) in [4.78, 5) is 0. The lowest BCUT2D eigenvalue weighted by molar-refractivity contribution is 0.910. The van der Waals surface area contributed by atoms with Crippen molar-refractivity contribution >= 4 is 20.2 Å². The van der Waals surface area contributed by atoms with Crippen LogP contribution in [0.5, 0.6) is 0 Å². The Labute approximate surface area is 320 Å². The molecule has 0 aliphatic heterocycles. The van der Waals surface area contributed by atoms with E-state index in [1.54, 1.807) is 55.7 Å². The van der Waals surface area contributed by atoms with Gasteiger partial charge in [-0.25, -0.2) is 0 Å². The van der Waals surface area contributed by atoms with Crippen LogP contribution in [0.3, 0.4) is 0 Å². The van der Waals surface area contributed by atoms with Crippen LogP contribution in [-0.2, 0) is 25.7 Å². The van der Waals surface area contributed by atoms with E-state index in [0.717, 1.165) is 0 Å². The summed E-state index contributed by atoms with van der Waals surface area (Å²) < 4.78 is 0. The Kier molecular flexibility index (Phi) is 8.10. The maximum Gasteiger partial charge on any atom is 0.0722 e. The Bertz CT molecular complexity index is 2400. The van der Waals surface area contributed by atoms with Gasteiger partial charge in [0.15, 0.2) is 0 Å². The third kappa shape index (κ3) is 5.44. The maximum absolute atomic E-state index is 2.75. The SMILES string of the molecule is CC1=Cc2c(cc3c(c2-c2cc(C)cc(C)c2)CCC3)C1[Si](C)(C)C1C(C)=Cc2c(-c3cc(C)cc(C)c3)c3c(c(-c4cc(C)cc(C)c4)c21)CCC3. The van der Waals surface area contributed by atoms with E-state index in [2.05, 4.69) is 141 Å². The van der Waals surface area contributed by atoms with Crippen molar-refractivity contribution in [2.45, 2.75) is 118 Å². The minimum atomic E-state index is -2.15. The second-order valence-electron chi connectivity index (χ2n) is 18.2. The van der Waals surface area contributed by atoms with Gasteiger partial charge in [0.05, 0.1) is 8.07 Å². The Morgan fingerprint density at radius 2 is 0.849 bits per heavy atom. The summed E-state index contributed by atoms with van der Waals surface area (Å²) in [6.07, 6.45) is 12.6. The Balaban J connectivity index is 1.30. The molecule has 0 N–H and O–H groups in total. The third-order valence-electron chi connectivity index (χ3n) is 13.4. The molecule has 0 amide bonds. The maximum atomic E-state index is 2.75. The zero-order chi connectivity index (χ0) is 37.1. The van der Waals surface area contributed by atoms with Gasteiger partial charge in [-0.2, -0.15) is 0 Å². The fourth-order valence-corrected chi connectivity index (χ4v) is 17.0. The fraction of sp³-hybridized carbons (Fsp3) is 0.346. The standard InChI is InChI=1S/C52H56Si/c1-29-17-30(2)21-38(20-29)47-41-14-11-13-37(41)28-45-44(47)26-35(7)51(45)53(9,10)52-36(8)27-46-48(39-22-31(3)18-32(4)23-39)42-15-12-16-43(42)49(50(46)52)40-24-33(5)19-34(6)25-40/h17-28,51-52H,11-16H2,1-10H3. The molecule has 0 spiro atoms. The molecule has 2 unspecified atom stereocenters. The first-order chi connectivity index (χ1) is 25.3. The van der Waals surface area contributed by atoms with E-state index in [1.807, 2.05) is 0 Å². The molecule has 0 bridgehead atoms. The molecular formula is C52H56Si. The first-order valence-corrected chi connectivity index (χ1v) is 23.5. The Morgan fingerprint density at radius 1 is 0.434 bits per heavy atom. The van der Waals surface area contributed by atoms with Gasteiger partial charge in [0.2, 0.25) is 0 Å². The number of benzene rings is 5. The predicted molar refractivity (Wildman–Crippen MR) is 232 cm³/mol. The molecule has 0 saturated heterocycles. The fourth-order valence-electron chi connectivity index (χ4n) is 12.1. The molecule has 0 heterocycles. The largest absolute Gasteiger partial charge is 0.0722 e. The number of fused-ring (bicyclic) bond motifs is 4. The second kappa shape index (κ2) is 12.4. The van der Waals surface area contributed by atoms with Crippen LogP contribution in [-0.4, -0.2) is 8.07 Å². The third-order valence-corrected chi connectivity index (χ3v) is 17.9. The average molecular weight is 709 g/mol. The summed E-state index contributed by atoms with van der Waals surface area (Å²) in [5.74, 6) is 0. The highest BCUT2D eigenvalue weighted by Crippen LogP contribution is 2.59. The molecule has 9 rings (SSSR count). The normalized spacial score (nSPS) is 18.5. The van der Waals surface area contributed by atoms with Gasteiger partial charge in [0.1, 0.15) is 0 Å². The van der Waals surface area contributed by atoms with Crippen molar-refractivity contribution in [3.05, 3.63) is 150 Å². The van der Waals surface area contributed by atoms with Gasteiger partial charge in [0.25, 0.3) is 0 Å². The highest BCUT2D eigenvalue weighted by Gasteiger charge is 2.49. The monoisotopic (exact) mass is 708 g/mol. The number of rotatable bonds is 5. The molecule has 0 nitrogen and oxygen atoms in total. The molecule has 1 heteroatoms.